The van der Waals surface area contributed by atoms with Crippen LogP contribution in [-0.2, 0) is 6.54 Å². The van der Waals surface area contributed by atoms with Crippen LogP contribution in [0.25, 0.3) is 28.0 Å². The van der Waals surface area contributed by atoms with Crippen molar-refractivity contribution in [3.63, 3.8) is 0 Å². The molecule has 2 aliphatic rings. The first-order chi connectivity index (χ1) is 24.1. The summed E-state index contributed by atoms with van der Waals surface area (Å²) in [4.78, 5) is 9.57. The van der Waals surface area contributed by atoms with E-state index in [1.165, 1.54) is 39.0 Å². The fourth-order valence-corrected chi connectivity index (χ4v) is 6.89. The maximum atomic E-state index is 5.11. The van der Waals surface area contributed by atoms with E-state index in [0.29, 0.717) is 6.54 Å². The minimum Gasteiger partial charge on any atom is -0.280 e. The molecule has 0 radical (unpaired) electrons. The summed E-state index contributed by atoms with van der Waals surface area (Å²) >= 11 is 0. The first-order valence-electron chi connectivity index (χ1n) is 17.0. The van der Waals surface area contributed by atoms with Gasteiger partial charge in [0.2, 0.25) is 0 Å². The van der Waals surface area contributed by atoms with Crippen LogP contribution in [0.2, 0.25) is 0 Å². The number of allylic oxidation sites excluding steroid dienone is 8. The molecule has 0 unspecified atom stereocenters. The standard InChI is InChI=1S/C47H40N2/c1-33-14-10-12-20-42(33)44-30-41-19-11-13-21-43(41)47(44)34(2)36-22-26-40(27-23-36)46(49-32-35-15-6-4-7-16-35)31-45(48-3)39-28-24-38(25-29-39)37-17-8-5-9-18-37/h4-10,12-18,20-29,31H,2-3,11,19,30,32H2,1H3/b45-31-,49-46+. The second kappa shape index (κ2) is 14.5. The van der Waals surface area contributed by atoms with Crippen molar-refractivity contribution in [2.75, 3.05) is 0 Å². The second-order valence-corrected chi connectivity index (χ2v) is 12.7. The van der Waals surface area contributed by atoms with Crippen LogP contribution in [0.5, 0.6) is 0 Å². The Kier molecular flexibility index (Phi) is 9.39. The van der Waals surface area contributed by atoms with Gasteiger partial charge in [-0.3, -0.25) is 9.98 Å². The first kappa shape index (κ1) is 31.7. The minimum absolute atomic E-state index is 0.564. The lowest BCUT2D eigenvalue weighted by molar-refractivity contribution is 0.929. The van der Waals surface area contributed by atoms with Gasteiger partial charge in [-0.15, -0.1) is 0 Å². The van der Waals surface area contributed by atoms with E-state index in [-0.39, 0.29) is 0 Å². The molecule has 49 heavy (non-hydrogen) atoms. The molecule has 5 aromatic carbocycles. The van der Waals surface area contributed by atoms with Crippen molar-refractivity contribution in [3.05, 3.63) is 208 Å². The van der Waals surface area contributed by atoms with Gasteiger partial charge in [-0.2, -0.15) is 0 Å². The number of hydrogen-bond acceptors (Lipinski definition) is 2. The Morgan fingerprint density at radius 2 is 1.35 bits per heavy atom. The van der Waals surface area contributed by atoms with Gasteiger partial charge in [0.15, 0.2) is 0 Å². The number of rotatable bonds is 10. The minimum atomic E-state index is 0.564. The summed E-state index contributed by atoms with van der Waals surface area (Å²) in [5, 5.41) is 0. The molecule has 0 aliphatic heterocycles. The molecule has 0 spiro atoms. The van der Waals surface area contributed by atoms with Crippen LogP contribution < -0.4 is 0 Å². The normalized spacial score (nSPS) is 14.6. The lowest BCUT2D eigenvalue weighted by Gasteiger charge is -2.16. The van der Waals surface area contributed by atoms with Crippen molar-refractivity contribution in [1.29, 1.82) is 0 Å². The van der Waals surface area contributed by atoms with Crippen LogP contribution in [0, 0.1) is 6.92 Å². The van der Waals surface area contributed by atoms with Crippen LogP contribution in [-0.4, -0.2) is 12.4 Å². The molecule has 0 fully saturated rings. The number of nitrogens with zero attached hydrogens (tertiary/aromatic N) is 2. The zero-order valence-electron chi connectivity index (χ0n) is 28.1. The molecule has 5 aromatic rings. The average molecular weight is 633 g/mol. The molecule has 0 bridgehead atoms. The molecule has 0 saturated heterocycles. The fraction of sp³-hybridized carbons (Fsp3) is 0.106. The molecule has 0 amide bonds. The molecule has 238 valence electrons. The summed E-state index contributed by atoms with van der Waals surface area (Å²) in [6.07, 6.45) is 9.87. The third-order valence-electron chi connectivity index (χ3n) is 9.55. The van der Waals surface area contributed by atoms with Crippen molar-refractivity contribution >= 4 is 29.3 Å². The summed E-state index contributed by atoms with van der Waals surface area (Å²) in [6, 6.07) is 46.7. The van der Waals surface area contributed by atoms with Crippen LogP contribution >= 0.6 is 0 Å². The zero-order valence-corrected chi connectivity index (χ0v) is 28.1. The topological polar surface area (TPSA) is 24.7 Å². The highest BCUT2D eigenvalue weighted by molar-refractivity contribution is 6.12. The van der Waals surface area contributed by atoms with Gasteiger partial charge in [0.05, 0.1) is 18.0 Å². The maximum absolute atomic E-state index is 5.11. The van der Waals surface area contributed by atoms with Gasteiger partial charge in [0.1, 0.15) is 0 Å². The van der Waals surface area contributed by atoms with Gasteiger partial charge in [0.25, 0.3) is 0 Å². The Labute approximate surface area is 290 Å². The number of hydrogen-bond donors (Lipinski definition) is 0. The SMILES string of the molecule is C=N/C(=C\C(=N/Cc1ccccc1)c1ccc(C(=C)C2=C(c3ccccc3C)CC3=C2C=CCC3)cc1)c1ccc(-c2ccccc2)cc1. The lowest BCUT2D eigenvalue weighted by atomic mass is 9.88. The van der Waals surface area contributed by atoms with Gasteiger partial charge in [-0.1, -0.05) is 158 Å². The molecular weight excluding hydrogens is 593 g/mol. The van der Waals surface area contributed by atoms with Gasteiger partial charge >= 0.3 is 0 Å². The smallest absolute Gasteiger partial charge is 0.0716 e. The lowest BCUT2D eigenvalue weighted by Crippen LogP contribution is -2.01. The van der Waals surface area contributed by atoms with E-state index >= 15 is 0 Å². The Morgan fingerprint density at radius 1 is 0.714 bits per heavy atom. The van der Waals surface area contributed by atoms with Crippen molar-refractivity contribution in [1.82, 2.24) is 0 Å². The van der Waals surface area contributed by atoms with Crippen molar-refractivity contribution in [2.45, 2.75) is 32.7 Å². The first-order valence-corrected chi connectivity index (χ1v) is 17.0. The quantitative estimate of drug-likeness (QED) is 0.137. The molecule has 2 heteroatoms. The molecular formula is C47H40N2. The third-order valence-corrected chi connectivity index (χ3v) is 9.55. The van der Waals surface area contributed by atoms with Gasteiger partial charge < -0.3 is 0 Å². The van der Waals surface area contributed by atoms with Gasteiger partial charge in [-0.25, -0.2) is 0 Å². The monoisotopic (exact) mass is 632 g/mol. The molecule has 2 aliphatic carbocycles. The molecule has 0 saturated carbocycles. The van der Waals surface area contributed by atoms with Crippen LogP contribution in [0.1, 0.15) is 52.6 Å². The summed E-state index contributed by atoms with van der Waals surface area (Å²) in [5.74, 6) is 0. The Bertz CT molecular complexity index is 2160. The molecule has 7 rings (SSSR count). The van der Waals surface area contributed by atoms with E-state index in [2.05, 4.69) is 158 Å². The van der Waals surface area contributed by atoms with E-state index in [9.17, 15) is 0 Å². The Hall–Kier alpha value is -5.86. The zero-order chi connectivity index (χ0) is 33.6. The molecule has 0 N–H and O–H groups in total. The van der Waals surface area contributed by atoms with Crippen molar-refractivity contribution < 1.29 is 0 Å². The predicted octanol–water partition coefficient (Wildman–Crippen LogP) is 11.9. The number of benzene rings is 5. The van der Waals surface area contributed by atoms with E-state index in [0.717, 1.165) is 64.1 Å². The highest BCUT2D eigenvalue weighted by atomic mass is 14.8. The predicted molar refractivity (Wildman–Crippen MR) is 210 cm³/mol. The van der Waals surface area contributed by atoms with Crippen LogP contribution in [0.3, 0.4) is 0 Å². The second-order valence-electron chi connectivity index (χ2n) is 12.7. The van der Waals surface area contributed by atoms with Crippen molar-refractivity contribution in [2.24, 2.45) is 9.98 Å². The molecule has 0 heterocycles. The van der Waals surface area contributed by atoms with E-state index < -0.39 is 0 Å². The average Bonchev–Trinajstić information content (AvgIpc) is 3.55. The Morgan fingerprint density at radius 3 is 2.06 bits per heavy atom. The van der Waals surface area contributed by atoms with E-state index in [1.807, 2.05) is 12.1 Å². The summed E-state index contributed by atoms with van der Waals surface area (Å²) < 4.78 is 0. The molecule has 0 atom stereocenters. The van der Waals surface area contributed by atoms with E-state index in [4.69, 9.17) is 11.6 Å². The third kappa shape index (κ3) is 6.91. The summed E-state index contributed by atoms with van der Waals surface area (Å²) in [6.45, 7) is 11.4. The van der Waals surface area contributed by atoms with Crippen molar-refractivity contribution in [3.8, 4) is 11.1 Å². The van der Waals surface area contributed by atoms with Crippen LogP contribution in [0.4, 0.5) is 0 Å². The Balaban J connectivity index is 1.23. The molecule has 0 aromatic heterocycles. The van der Waals surface area contributed by atoms with E-state index in [1.54, 1.807) is 0 Å². The largest absolute Gasteiger partial charge is 0.280 e. The van der Waals surface area contributed by atoms with Gasteiger partial charge in [-0.05, 0) is 100 Å². The highest BCUT2D eigenvalue weighted by Crippen LogP contribution is 2.48. The summed E-state index contributed by atoms with van der Waals surface area (Å²) in [7, 11) is 0. The van der Waals surface area contributed by atoms with Gasteiger partial charge in [0, 0.05) is 5.56 Å². The molecule has 2 nitrogen and oxygen atoms in total. The number of aryl methyl sites for hydroxylation is 1. The fourth-order valence-electron chi connectivity index (χ4n) is 6.89. The van der Waals surface area contributed by atoms with Crippen LogP contribution in [0.15, 0.2) is 185 Å². The summed E-state index contributed by atoms with van der Waals surface area (Å²) in [5.41, 5.74) is 17.5. The maximum Gasteiger partial charge on any atom is 0.0716 e. The number of aliphatic imine (C=N–C) groups is 2. The highest BCUT2D eigenvalue weighted by Gasteiger charge is 2.27.